The minimum Gasteiger partial charge on any atom is -0.350 e. The average Bonchev–Trinajstić information content (AvgIpc) is 3.37. The molecule has 3 aromatic rings. The second-order valence-electron chi connectivity index (χ2n) is 8.05. The zero-order chi connectivity index (χ0) is 18.7. The molecule has 1 saturated heterocycles. The lowest BCUT2D eigenvalue weighted by Crippen LogP contribution is -2.49. The van der Waals surface area contributed by atoms with Gasteiger partial charge in [0.05, 0.1) is 0 Å². The lowest BCUT2D eigenvalue weighted by Gasteiger charge is -2.24. The lowest BCUT2D eigenvalue weighted by molar-refractivity contribution is -0.122. The number of hydrogen-bond acceptors (Lipinski definition) is 5. The van der Waals surface area contributed by atoms with E-state index in [4.69, 9.17) is 0 Å². The van der Waals surface area contributed by atoms with E-state index in [-0.39, 0.29) is 30.0 Å². The van der Waals surface area contributed by atoms with Gasteiger partial charge in [0.2, 0.25) is 5.91 Å². The number of hydrogen-bond donors (Lipinski definition) is 2. The van der Waals surface area contributed by atoms with Crippen LogP contribution >= 0.6 is 11.3 Å². The van der Waals surface area contributed by atoms with E-state index in [0.29, 0.717) is 17.5 Å². The number of carbonyl (C=O) groups is 1. The molecule has 2 N–H and O–H groups in total. The van der Waals surface area contributed by atoms with E-state index in [1.165, 1.54) is 4.68 Å². The molecular formula is C19H23N5O2S. The predicted octanol–water partition coefficient (Wildman–Crippen LogP) is 1.70. The van der Waals surface area contributed by atoms with Crippen LogP contribution in [0.1, 0.15) is 38.4 Å². The topological polar surface area (TPSA) is 80.4 Å². The first-order valence-electron chi connectivity index (χ1n) is 9.53. The van der Waals surface area contributed by atoms with Gasteiger partial charge in [-0.15, -0.1) is 11.3 Å². The zero-order valence-electron chi connectivity index (χ0n) is 15.4. The number of rotatable bonds is 4. The van der Waals surface area contributed by atoms with E-state index in [1.54, 1.807) is 11.3 Å². The maximum Gasteiger partial charge on any atom is 0.291 e. The Hall–Kier alpha value is -2.19. The first-order valence-corrected chi connectivity index (χ1v) is 10.4. The van der Waals surface area contributed by atoms with Crippen molar-refractivity contribution in [2.45, 2.75) is 51.2 Å². The number of nitrogens with zero attached hydrogens (tertiary/aromatic N) is 3. The highest BCUT2D eigenvalue weighted by atomic mass is 32.1. The minimum absolute atomic E-state index is 0.0399. The molecule has 142 valence electrons. The van der Waals surface area contributed by atoms with Gasteiger partial charge in [-0.1, -0.05) is 13.8 Å². The molecule has 1 aliphatic heterocycles. The Morgan fingerprint density at radius 3 is 3.00 bits per heavy atom. The van der Waals surface area contributed by atoms with Crippen LogP contribution < -0.4 is 16.2 Å². The molecule has 27 heavy (non-hydrogen) atoms. The molecule has 8 heteroatoms. The summed E-state index contributed by atoms with van der Waals surface area (Å²) in [4.78, 5) is 26.6. The second kappa shape index (κ2) is 6.17. The summed E-state index contributed by atoms with van der Waals surface area (Å²) in [5.41, 5.74) is 0.369. The third kappa shape index (κ3) is 2.70. The summed E-state index contributed by atoms with van der Waals surface area (Å²) >= 11 is 1.60. The Morgan fingerprint density at radius 1 is 1.44 bits per heavy atom. The molecule has 3 atom stereocenters. The summed E-state index contributed by atoms with van der Waals surface area (Å²) in [7, 11) is 0. The van der Waals surface area contributed by atoms with E-state index in [9.17, 15) is 9.59 Å². The number of piperidine rings is 1. The Bertz CT molecular complexity index is 1090. The van der Waals surface area contributed by atoms with Crippen molar-refractivity contribution in [2.75, 3.05) is 6.54 Å². The molecule has 1 aliphatic carbocycles. The predicted molar refractivity (Wildman–Crippen MR) is 105 cm³/mol. The number of fused-ring (bicyclic) bond motifs is 5. The van der Waals surface area contributed by atoms with E-state index in [2.05, 4.69) is 29.6 Å². The van der Waals surface area contributed by atoms with Crippen LogP contribution in [0.2, 0.25) is 0 Å². The van der Waals surface area contributed by atoms with Crippen LogP contribution in [-0.2, 0) is 11.3 Å². The van der Waals surface area contributed by atoms with E-state index >= 15 is 0 Å². The van der Waals surface area contributed by atoms with Gasteiger partial charge >= 0.3 is 0 Å². The molecule has 4 heterocycles. The highest BCUT2D eigenvalue weighted by Gasteiger charge is 2.40. The summed E-state index contributed by atoms with van der Waals surface area (Å²) in [6.45, 7) is 5.12. The van der Waals surface area contributed by atoms with Gasteiger partial charge in [0.15, 0.2) is 0 Å². The molecule has 1 saturated carbocycles. The Labute approximate surface area is 160 Å². The Kier molecular flexibility index (Phi) is 3.87. The van der Waals surface area contributed by atoms with Crippen molar-refractivity contribution in [3.8, 4) is 0 Å². The van der Waals surface area contributed by atoms with Crippen LogP contribution in [0.15, 0.2) is 22.3 Å². The summed E-state index contributed by atoms with van der Waals surface area (Å²) in [6, 6.07) is 4.44. The number of thiophene rings is 1. The molecule has 7 nitrogen and oxygen atoms in total. The third-order valence-corrected chi connectivity index (χ3v) is 6.72. The minimum atomic E-state index is -0.219. The standard InChI is InChI=1S/C19H23N5O2S/c1-10(2)17-22-23(9-16(25)21-14-6-11-5-13(14)20-8-11)18(26)15-7-12-3-4-27-19(12)24(15)17/h3-4,7,10-11,13-14,20H,5-6,8-9H2,1-2H3,(H,21,25)/t11-,13+,14?/m1/s1. The zero-order valence-corrected chi connectivity index (χ0v) is 16.3. The molecule has 1 unspecified atom stereocenters. The fraction of sp³-hybridized carbons (Fsp3) is 0.526. The van der Waals surface area contributed by atoms with Crippen LogP contribution in [0.5, 0.6) is 0 Å². The van der Waals surface area contributed by atoms with E-state index in [0.717, 1.165) is 35.4 Å². The van der Waals surface area contributed by atoms with E-state index < -0.39 is 0 Å². The fourth-order valence-corrected chi connectivity index (χ4v) is 5.44. The van der Waals surface area contributed by atoms with Gasteiger partial charge < -0.3 is 10.6 Å². The van der Waals surface area contributed by atoms with Crippen LogP contribution in [0.25, 0.3) is 15.7 Å². The van der Waals surface area contributed by atoms with Gasteiger partial charge in [-0.2, -0.15) is 5.10 Å². The number of amides is 1. The molecule has 5 rings (SSSR count). The Balaban J connectivity index is 1.48. The van der Waals surface area contributed by atoms with Gasteiger partial charge in [-0.25, -0.2) is 4.68 Å². The number of carbonyl (C=O) groups excluding carboxylic acids is 1. The van der Waals surface area contributed by atoms with Crippen molar-refractivity contribution in [1.29, 1.82) is 0 Å². The second-order valence-corrected chi connectivity index (χ2v) is 8.94. The lowest BCUT2D eigenvalue weighted by atomic mass is 10.1. The molecule has 1 amide bonds. The van der Waals surface area contributed by atoms with Crippen molar-refractivity contribution in [3.63, 3.8) is 0 Å². The maximum atomic E-state index is 13.0. The molecule has 2 fully saturated rings. The van der Waals surface area contributed by atoms with Crippen molar-refractivity contribution in [2.24, 2.45) is 5.92 Å². The molecule has 0 radical (unpaired) electrons. The normalized spacial score (nSPS) is 24.5. The molecule has 0 aromatic carbocycles. The summed E-state index contributed by atoms with van der Waals surface area (Å²) in [5.74, 6) is 1.46. The van der Waals surface area contributed by atoms with Gasteiger partial charge in [0.25, 0.3) is 5.56 Å². The molecule has 0 spiro atoms. The fourth-order valence-electron chi connectivity index (χ4n) is 4.54. The third-order valence-electron chi connectivity index (χ3n) is 5.80. The smallest absolute Gasteiger partial charge is 0.291 e. The van der Waals surface area contributed by atoms with Gasteiger partial charge in [0, 0.05) is 23.4 Å². The van der Waals surface area contributed by atoms with Gasteiger partial charge in [-0.3, -0.25) is 14.0 Å². The summed E-state index contributed by atoms with van der Waals surface area (Å²) in [6.07, 6.45) is 2.16. The quantitative estimate of drug-likeness (QED) is 0.716. The first-order chi connectivity index (χ1) is 13.0. The van der Waals surface area contributed by atoms with Crippen molar-refractivity contribution < 1.29 is 4.79 Å². The van der Waals surface area contributed by atoms with Crippen LogP contribution in [-0.4, -0.2) is 38.7 Å². The number of aromatic nitrogens is 3. The molecule has 2 bridgehead atoms. The van der Waals surface area contributed by atoms with Crippen LogP contribution in [0.3, 0.4) is 0 Å². The SMILES string of the molecule is CC(C)c1nn(CC(=O)NC2C[C@@H]3CN[C@H]2C3)c(=O)c2cc3ccsc3n12. The number of nitrogens with one attached hydrogen (secondary N) is 2. The van der Waals surface area contributed by atoms with Gasteiger partial charge in [0.1, 0.15) is 22.7 Å². The molecular weight excluding hydrogens is 362 g/mol. The van der Waals surface area contributed by atoms with Crippen LogP contribution in [0.4, 0.5) is 0 Å². The largest absolute Gasteiger partial charge is 0.350 e. The van der Waals surface area contributed by atoms with Crippen molar-refractivity contribution in [1.82, 2.24) is 24.8 Å². The highest BCUT2D eigenvalue weighted by Crippen LogP contribution is 2.31. The molecule has 3 aromatic heterocycles. The monoisotopic (exact) mass is 385 g/mol. The van der Waals surface area contributed by atoms with Crippen molar-refractivity contribution in [3.05, 3.63) is 33.7 Å². The maximum absolute atomic E-state index is 13.0. The summed E-state index contributed by atoms with van der Waals surface area (Å²) < 4.78 is 3.27. The average molecular weight is 385 g/mol. The molecule has 2 aliphatic rings. The van der Waals surface area contributed by atoms with E-state index in [1.807, 2.05) is 21.9 Å². The van der Waals surface area contributed by atoms with Gasteiger partial charge in [-0.05, 0) is 42.8 Å². The Morgan fingerprint density at radius 2 is 2.30 bits per heavy atom. The van der Waals surface area contributed by atoms with Crippen molar-refractivity contribution >= 4 is 33.0 Å². The van der Waals surface area contributed by atoms with Crippen LogP contribution in [0, 0.1) is 5.92 Å². The summed E-state index contributed by atoms with van der Waals surface area (Å²) in [5, 5.41) is 14.2. The first kappa shape index (κ1) is 16.9. The highest BCUT2D eigenvalue weighted by molar-refractivity contribution is 7.16.